The lowest BCUT2D eigenvalue weighted by Gasteiger charge is -2.23. The van der Waals surface area contributed by atoms with E-state index in [4.69, 9.17) is 0 Å². The van der Waals surface area contributed by atoms with Crippen molar-refractivity contribution in [3.05, 3.63) is 40.8 Å². The van der Waals surface area contributed by atoms with Gasteiger partial charge in [-0.05, 0) is 5.92 Å². The van der Waals surface area contributed by atoms with Gasteiger partial charge in [-0.2, -0.15) is 0 Å². The number of aryl methyl sites for hydroxylation is 1. The fourth-order valence-electron chi connectivity index (χ4n) is 3.90. The molecule has 132 valence electrons. The van der Waals surface area contributed by atoms with Crippen LogP contribution in [-0.2, 0) is 7.05 Å². The van der Waals surface area contributed by atoms with Crippen LogP contribution in [0.5, 0.6) is 0 Å². The summed E-state index contributed by atoms with van der Waals surface area (Å²) in [5.74, 6) is 3.09. The molecule has 2 unspecified atom stereocenters. The number of rotatable bonds is 3. The molecule has 2 aliphatic heterocycles. The summed E-state index contributed by atoms with van der Waals surface area (Å²) in [6, 6.07) is 2.11. The summed E-state index contributed by atoms with van der Waals surface area (Å²) >= 11 is 0. The summed E-state index contributed by atoms with van der Waals surface area (Å²) in [7, 11) is 1.77. The smallest absolute Gasteiger partial charge is 0.293 e. The molecule has 2 fully saturated rings. The molecule has 7 heteroatoms. The molecule has 7 nitrogen and oxygen atoms in total. The molecule has 0 amide bonds. The molecule has 0 radical (unpaired) electrons. The average Bonchev–Trinajstić information content (AvgIpc) is 3.16. The lowest BCUT2D eigenvalue weighted by Crippen LogP contribution is -2.34. The van der Waals surface area contributed by atoms with Crippen molar-refractivity contribution in [3.63, 3.8) is 0 Å². The van der Waals surface area contributed by atoms with E-state index in [2.05, 4.69) is 44.7 Å². The van der Waals surface area contributed by atoms with E-state index in [0.717, 1.165) is 37.7 Å². The summed E-state index contributed by atoms with van der Waals surface area (Å²) in [6.45, 7) is 8.02. The van der Waals surface area contributed by atoms with Crippen molar-refractivity contribution in [2.75, 3.05) is 36.0 Å². The molecule has 2 saturated heterocycles. The normalized spacial score (nSPS) is 22.7. The van der Waals surface area contributed by atoms with Crippen LogP contribution in [0.3, 0.4) is 0 Å². The monoisotopic (exact) mass is 340 g/mol. The molecule has 2 aliphatic rings. The molecule has 2 aromatic heterocycles. The van der Waals surface area contributed by atoms with Crippen molar-refractivity contribution < 1.29 is 0 Å². The summed E-state index contributed by atoms with van der Waals surface area (Å²) in [5, 5.41) is 0. The summed E-state index contributed by atoms with van der Waals surface area (Å²) in [6.07, 6.45) is 5.07. The Hall–Kier alpha value is -2.44. The second kappa shape index (κ2) is 6.13. The highest BCUT2D eigenvalue weighted by atomic mass is 16.1. The van der Waals surface area contributed by atoms with Gasteiger partial charge in [0.2, 0.25) is 0 Å². The standard InChI is InChI=1S/C18H24N6O/c1-12(2)15-6-16(21-11-20-15)23-7-13-9-24(10-14(13)8-23)17-18(25)22(3)5-4-19-17/h4-6,11-14H,7-10H2,1-3H3. The Labute approximate surface area is 147 Å². The third-order valence-corrected chi connectivity index (χ3v) is 5.37. The first-order valence-electron chi connectivity index (χ1n) is 8.86. The number of aromatic nitrogens is 4. The molecule has 0 saturated carbocycles. The number of hydrogen-bond acceptors (Lipinski definition) is 6. The maximum absolute atomic E-state index is 12.3. The second-order valence-corrected chi connectivity index (χ2v) is 7.45. The Morgan fingerprint density at radius 1 is 1.04 bits per heavy atom. The van der Waals surface area contributed by atoms with E-state index >= 15 is 0 Å². The predicted octanol–water partition coefficient (Wildman–Crippen LogP) is 1.27. The van der Waals surface area contributed by atoms with Gasteiger partial charge in [-0.25, -0.2) is 15.0 Å². The van der Waals surface area contributed by atoms with Crippen molar-refractivity contribution >= 4 is 11.6 Å². The van der Waals surface area contributed by atoms with Crippen LogP contribution in [0.4, 0.5) is 11.6 Å². The first-order valence-corrected chi connectivity index (χ1v) is 8.86. The predicted molar refractivity (Wildman–Crippen MR) is 97.0 cm³/mol. The molecule has 0 bridgehead atoms. The second-order valence-electron chi connectivity index (χ2n) is 7.45. The van der Waals surface area contributed by atoms with Crippen molar-refractivity contribution in [1.82, 2.24) is 19.5 Å². The maximum Gasteiger partial charge on any atom is 0.293 e. The molecule has 2 atom stereocenters. The van der Waals surface area contributed by atoms with Crippen LogP contribution in [0.1, 0.15) is 25.5 Å². The van der Waals surface area contributed by atoms with Gasteiger partial charge in [0, 0.05) is 69.2 Å². The van der Waals surface area contributed by atoms with E-state index in [9.17, 15) is 4.79 Å². The molecule has 4 rings (SSSR count). The van der Waals surface area contributed by atoms with Gasteiger partial charge in [0.15, 0.2) is 5.82 Å². The van der Waals surface area contributed by atoms with E-state index in [0.29, 0.717) is 23.6 Å². The minimum absolute atomic E-state index is 0.0169. The summed E-state index contributed by atoms with van der Waals surface area (Å²) in [5.41, 5.74) is 1.07. The molecule has 4 heterocycles. The van der Waals surface area contributed by atoms with Gasteiger partial charge >= 0.3 is 0 Å². The van der Waals surface area contributed by atoms with Crippen LogP contribution in [0.2, 0.25) is 0 Å². The fourth-order valence-corrected chi connectivity index (χ4v) is 3.90. The summed E-state index contributed by atoms with van der Waals surface area (Å²) < 4.78 is 1.59. The van der Waals surface area contributed by atoms with Gasteiger partial charge in [0.1, 0.15) is 12.1 Å². The van der Waals surface area contributed by atoms with Crippen LogP contribution < -0.4 is 15.4 Å². The topological polar surface area (TPSA) is 67.2 Å². The Morgan fingerprint density at radius 3 is 2.40 bits per heavy atom. The van der Waals surface area contributed by atoms with Crippen molar-refractivity contribution in [2.45, 2.75) is 19.8 Å². The van der Waals surface area contributed by atoms with Gasteiger partial charge in [-0.3, -0.25) is 4.79 Å². The van der Waals surface area contributed by atoms with Gasteiger partial charge in [0.05, 0.1) is 0 Å². The lowest BCUT2D eigenvalue weighted by atomic mass is 10.0. The zero-order chi connectivity index (χ0) is 17.6. The van der Waals surface area contributed by atoms with E-state index < -0.39 is 0 Å². The van der Waals surface area contributed by atoms with E-state index in [1.807, 2.05) is 0 Å². The van der Waals surface area contributed by atoms with Crippen molar-refractivity contribution in [3.8, 4) is 0 Å². The zero-order valence-electron chi connectivity index (χ0n) is 15.0. The highest BCUT2D eigenvalue weighted by Crippen LogP contribution is 2.34. The molecule has 25 heavy (non-hydrogen) atoms. The van der Waals surface area contributed by atoms with Gasteiger partial charge in [-0.1, -0.05) is 13.8 Å². The van der Waals surface area contributed by atoms with Crippen LogP contribution in [0.15, 0.2) is 29.6 Å². The quantitative estimate of drug-likeness (QED) is 0.838. The number of nitrogens with zero attached hydrogens (tertiary/aromatic N) is 6. The van der Waals surface area contributed by atoms with Crippen LogP contribution in [0, 0.1) is 11.8 Å². The molecule has 0 spiro atoms. The fraction of sp³-hybridized carbons (Fsp3) is 0.556. The average molecular weight is 340 g/mol. The Morgan fingerprint density at radius 2 is 1.72 bits per heavy atom. The van der Waals surface area contributed by atoms with Gasteiger partial charge < -0.3 is 14.4 Å². The molecule has 0 aliphatic carbocycles. The highest BCUT2D eigenvalue weighted by Gasteiger charge is 2.41. The Balaban J connectivity index is 1.48. The number of hydrogen-bond donors (Lipinski definition) is 0. The largest absolute Gasteiger partial charge is 0.356 e. The van der Waals surface area contributed by atoms with Crippen molar-refractivity contribution in [1.29, 1.82) is 0 Å². The van der Waals surface area contributed by atoms with E-state index in [1.165, 1.54) is 0 Å². The highest BCUT2D eigenvalue weighted by molar-refractivity contribution is 5.44. The Bertz CT molecular complexity index is 818. The number of anilines is 2. The molecular formula is C18H24N6O. The van der Waals surface area contributed by atoms with Crippen LogP contribution in [0.25, 0.3) is 0 Å². The lowest BCUT2D eigenvalue weighted by molar-refractivity contribution is 0.533. The first kappa shape index (κ1) is 16.1. The van der Waals surface area contributed by atoms with E-state index in [-0.39, 0.29) is 5.56 Å². The minimum Gasteiger partial charge on any atom is -0.356 e. The SMILES string of the molecule is CC(C)c1cc(N2CC3CN(c4nccn(C)c4=O)CC3C2)ncn1. The van der Waals surface area contributed by atoms with Crippen LogP contribution >= 0.6 is 0 Å². The van der Waals surface area contributed by atoms with Gasteiger partial charge in [0.25, 0.3) is 5.56 Å². The number of fused-ring (bicyclic) bond motifs is 1. The van der Waals surface area contributed by atoms with Gasteiger partial charge in [-0.15, -0.1) is 0 Å². The minimum atomic E-state index is -0.0169. The maximum atomic E-state index is 12.3. The Kier molecular flexibility index (Phi) is 3.94. The van der Waals surface area contributed by atoms with E-state index in [1.54, 1.807) is 30.3 Å². The summed E-state index contributed by atoms with van der Waals surface area (Å²) in [4.78, 5) is 29.9. The molecule has 0 N–H and O–H groups in total. The first-order chi connectivity index (χ1) is 12.0. The molecular weight excluding hydrogens is 316 g/mol. The third kappa shape index (κ3) is 2.88. The molecule has 0 aromatic carbocycles. The third-order valence-electron chi connectivity index (χ3n) is 5.37. The van der Waals surface area contributed by atoms with Crippen LogP contribution in [-0.4, -0.2) is 45.7 Å². The zero-order valence-corrected chi connectivity index (χ0v) is 15.0. The van der Waals surface area contributed by atoms with Crippen molar-refractivity contribution in [2.24, 2.45) is 18.9 Å². The molecule has 2 aromatic rings.